The number of hydrogen-bond acceptors (Lipinski definition) is 6. The Labute approximate surface area is 143 Å². The van der Waals surface area contributed by atoms with Crippen molar-refractivity contribution in [2.45, 2.75) is 13.8 Å². The van der Waals surface area contributed by atoms with Crippen LogP contribution in [-0.2, 0) is 9.59 Å². The predicted molar refractivity (Wildman–Crippen MR) is 92.7 cm³/mol. The molecule has 25 heavy (non-hydrogen) atoms. The number of aromatic nitrogens is 2. The Kier molecular flexibility index (Phi) is 5.51. The van der Waals surface area contributed by atoms with Gasteiger partial charge in [-0.1, -0.05) is 6.08 Å². The second kappa shape index (κ2) is 7.77. The lowest BCUT2D eigenvalue weighted by molar-refractivity contribution is -0.384. The molecule has 2 aromatic rings. The Bertz CT molecular complexity index is 846. The zero-order chi connectivity index (χ0) is 18.4. The van der Waals surface area contributed by atoms with Gasteiger partial charge in [0.15, 0.2) is 0 Å². The monoisotopic (exact) mass is 341 g/mol. The first-order valence-electron chi connectivity index (χ1n) is 7.20. The Morgan fingerprint density at radius 2 is 1.72 bits per heavy atom. The van der Waals surface area contributed by atoms with Crippen molar-refractivity contribution in [3.63, 3.8) is 0 Å². The summed E-state index contributed by atoms with van der Waals surface area (Å²) in [6.45, 7) is 2.66. The highest BCUT2D eigenvalue weighted by Crippen LogP contribution is 2.19. The Hall–Kier alpha value is -3.62. The third-order valence-electron chi connectivity index (χ3n) is 2.96. The maximum atomic E-state index is 11.3. The van der Waals surface area contributed by atoms with Crippen molar-refractivity contribution in [2.24, 2.45) is 0 Å². The number of anilines is 2. The molecule has 0 atom stereocenters. The minimum absolute atomic E-state index is 0.000853. The summed E-state index contributed by atoms with van der Waals surface area (Å²) in [5.41, 5.74) is 1.24. The fourth-order valence-electron chi connectivity index (χ4n) is 1.89. The van der Waals surface area contributed by atoms with E-state index in [0.29, 0.717) is 5.56 Å². The van der Waals surface area contributed by atoms with Gasteiger partial charge in [-0.3, -0.25) is 25.0 Å². The summed E-state index contributed by atoms with van der Waals surface area (Å²) in [4.78, 5) is 40.7. The van der Waals surface area contributed by atoms with Crippen LogP contribution in [-0.4, -0.2) is 26.7 Å². The van der Waals surface area contributed by atoms with Crippen molar-refractivity contribution in [3.8, 4) is 0 Å². The van der Waals surface area contributed by atoms with Crippen LogP contribution >= 0.6 is 0 Å². The average Bonchev–Trinajstić information content (AvgIpc) is 2.53. The Balaban J connectivity index is 2.28. The lowest BCUT2D eigenvalue weighted by Gasteiger charge is -2.08. The summed E-state index contributed by atoms with van der Waals surface area (Å²) in [6, 6.07) is 5.98. The number of nitrogens with zero attached hydrogens (tertiary/aromatic N) is 3. The number of amides is 2. The van der Waals surface area contributed by atoms with Gasteiger partial charge >= 0.3 is 0 Å². The average molecular weight is 341 g/mol. The van der Waals surface area contributed by atoms with Crippen LogP contribution in [0.1, 0.15) is 25.0 Å². The van der Waals surface area contributed by atoms with E-state index in [0.717, 1.165) is 5.56 Å². The smallest absolute Gasteiger partial charge is 0.269 e. The zero-order valence-electron chi connectivity index (χ0n) is 13.5. The molecule has 9 heteroatoms. The molecule has 0 aliphatic rings. The molecule has 0 bridgehead atoms. The van der Waals surface area contributed by atoms with E-state index in [4.69, 9.17) is 0 Å². The van der Waals surface area contributed by atoms with E-state index in [1.807, 2.05) is 0 Å². The zero-order valence-corrected chi connectivity index (χ0v) is 13.5. The number of nitro benzene ring substituents is 1. The molecule has 2 N–H and O–H groups in total. The molecule has 2 amide bonds. The minimum atomic E-state index is -0.475. The molecule has 0 saturated heterocycles. The molecular formula is C16H15N5O4. The van der Waals surface area contributed by atoms with Gasteiger partial charge in [-0.2, -0.15) is 4.98 Å². The topological polar surface area (TPSA) is 127 Å². The van der Waals surface area contributed by atoms with Gasteiger partial charge in [-0.15, -0.1) is 0 Å². The van der Waals surface area contributed by atoms with E-state index >= 15 is 0 Å². The van der Waals surface area contributed by atoms with Crippen LogP contribution in [0.15, 0.2) is 30.5 Å². The number of hydrogen-bond donors (Lipinski definition) is 2. The van der Waals surface area contributed by atoms with Crippen molar-refractivity contribution in [1.29, 1.82) is 0 Å². The highest BCUT2D eigenvalue weighted by Gasteiger charge is 2.08. The largest absolute Gasteiger partial charge is 0.310 e. The summed E-state index contributed by atoms with van der Waals surface area (Å²) in [5.74, 6) is -0.339. The summed E-state index contributed by atoms with van der Waals surface area (Å²) in [5, 5.41) is 15.6. The molecule has 9 nitrogen and oxygen atoms in total. The molecule has 0 fully saturated rings. The molecule has 0 radical (unpaired) electrons. The molecule has 0 spiro atoms. The van der Waals surface area contributed by atoms with Crippen molar-refractivity contribution < 1.29 is 14.5 Å². The van der Waals surface area contributed by atoms with Gasteiger partial charge in [0, 0.05) is 37.7 Å². The second-order valence-corrected chi connectivity index (χ2v) is 5.04. The van der Waals surface area contributed by atoms with Crippen LogP contribution in [0.3, 0.4) is 0 Å². The molecule has 0 unspecified atom stereocenters. The number of benzene rings is 1. The third kappa shape index (κ3) is 5.20. The molecule has 128 valence electrons. The van der Waals surface area contributed by atoms with E-state index in [-0.39, 0.29) is 29.3 Å². The van der Waals surface area contributed by atoms with E-state index in [2.05, 4.69) is 20.6 Å². The lowest BCUT2D eigenvalue weighted by atomic mass is 10.1. The van der Waals surface area contributed by atoms with Crippen LogP contribution in [0.2, 0.25) is 0 Å². The van der Waals surface area contributed by atoms with Gasteiger partial charge in [0.05, 0.1) is 4.92 Å². The van der Waals surface area contributed by atoms with E-state index in [9.17, 15) is 19.7 Å². The number of nitro groups is 1. The second-order valence-electron chi connectivity index (χ2n) is 5.04. The van der Waals surface area contributed by atoms with Gasteiger partial charge < -0.3 is 5.32 Å². The normalized spacial score (nSPS) is 10.5. The van der Waals surface area contributed by atoms with Crippen LogP contribution in [0.5, 0.6) is 0 Å². The maximum absolute atomic E-state index is 11.3. The highest BCUT2D eigenvalue weighted by atomic mass is 16.6. The van der Waals surface area contributed by atoms with Crippen molar-refractivity contribution in [1.82, 2.24) is 9.97 Å². The first-order valence-corrected chi connectivity index (χ1v) is 7.20. The van der Waals surface area contributed by atoms with E-state index < -0.39 is 4.92 Å². The molecule has 0 aliphatic carbocycles. The molecule has 2 rings (SSSR count). The predicted octanol–water partition coefficient (Wildman–Crippen LogP) is 2.47. The number of carbonyl (C=O) groups is 2. The van der Waals surface area contributed by atoms with E-state index in [1.165, 1.54) is 32.2 Å². The van der Waals surface area contributed by atoms with Crippen molar-refractivity contribution >= 4 is 41.4 Å². The summed E-state index contributed by atoms with van der Waals surface area (Å²) < 4.78 is 0. The SMILES string of the molecule is CC(=O)Nc1ncc(C=Cc2ccc([N+](=O)[O-])cc2)c(NC(C)=O)n1. The molecule has 1 heterocycles. The molecule has 0 saturated carbocycles. The number of nitrogens with one attached hydrogen (secondary N) is 2. The summed E-state index contributed by atoms with van der Waals surface area (Å²) in [7, 11) is 0. The molecule has 1 aromatic carbocycles. The molecular weight excluding hydrogens is 326 g/mol. The quantitative estimate of drug-likeness (QED) is 0.635. The first-order chi connectivity index (χ1) is 11.8. The number of carbonyl (C=O) groups excluding carboxylic acids is 2. The van der Waals surface area contributed by atoms with Gasteiger partial charge in [0.25, 0.3) is 5.69 Å². The molecule has 0 aliphatic heterocycles. The first kappa shape index (κ1) is 17.7. The van der Waals surface area contributed by atoms with E-state index in [1.54, 1.807) is 24.3 Å². The van der Waals surface area contributed by atoms with Gasteiger partial charge in [0.2, 0.25) is 17.8 Å². The fraction of sp³-hybridized carbons (Fsp3) is 0.125. The Morgan fingerprint density at radius 3 is 2.28 bits per heavy atom. The number of rotatable bonds is 5. The van der Waals surface area contributed by atoms with Gasteiger partial charge in [0.1, 0.15) is 5.82 Å². The maximum Gasteiger partial charge on any atom is 0.269 e. The number of non-ortho nitro benzene ring substituents is 1. The minimum Gasteiger partial charge on any atom is -0.310 e. The van der Waals surface area contributed by atoms with Crippen LogP contribution in [0, 0.1) is 10.1 Å². The summed E-state index contributed by atoms with van der Waals surface area (Å²) >= 11 is 0. The molecule has 1 aromatic heterocycles. The fourth-order valence-corrected chi connectivity index (χ4v) is 1.89. The summed E-state index contributed by atoms with van der Waals surface area (Å²) in [6.07, 6.45) is 4.81. The standard InChI is InChI=1S/C16H15N5O4/c1-10(22)18-15-13(9-17-16(20-15)19-11(2)23)6-3-12-4-7-14(8-5-12)21(24)25/h3-9H,1-2H3,(H2,17,18,19,20,22,23). The van der Waals surface area contributed by atoms with Crippen LogP contribution < -0.4 is 10.6 Å². The van der Waals surface area contributed by atoms with Crippen molar-refractivity contribution in [2.75, 3.05) is 10.6 Å². The van der Waals surface area contributed by atoms with Gasteiger partial charge in [-0.05, 0) is 23.8 Å². The lowest BCUT2D eigenvalue weighted by Crippen LogP contribution is -2.13. The highest BCUT2D eigenvalue weighted by molar-refractivity contribution is 5.92. The van der Waals surface area contributed by atoms with Crippen molar-refractivity contribution in [3.05, 3.63) is 51.7 Å². The van der Waals surface area contributed by atoms with Gasteiger partial charge in [-0.25, -0.2) is 4.98 Å². The Morgan fingerprint density at radius 1 is 1.08 bits per heavy atom. The van der Waals surface area contributed by atoms with Crippen LogP contribution in [0.4, 0.5) is 17.5 Å². The van der Waals surface area contributed by atoms with Crippen LogP contribution in [0.25, 0.3) is 12.2 Å². The third-order valence-corrected chi connectivity index (χ3v) is 2.96.